The Morgan fingerprint density at radius 3 is 3.00 bits per heavy atom. The summed E-state index contributed by atoms with van der Waals surface area (Å²) >= 11 is 0. The van der Waals surface area contributed by atoms with Gasteiger partial charge in [0.25, 0.3) is 5.56 Å². The number of aromatic amines is 1. The van der Waals surface area contributed by atoms with Crippen molar-refractivity contribution in [2.75, 3.05) is 13.1 Å². The van der Waals surface area contributed by atoms with Gasteiger partial charge in [0.05, 0.1) is 0 Å². The fraction of sp³-hybridized carbons (Fsp3) is 0.562. The zero-order chi connectivity index (χ0) is 14.1. The lowest BCUT2D eigenvalue weighted by Gasteiger charge is -2.35. The number of piperidine rings is 1. The molecule has 0 spiro atoms. The highest BCUT2D eigenvalue weighted by molar-refractivity contribution is 5.39. The average molecular weight is 273 g/mol. The first-order valence-electron chi connectivity index (χ1n) is 7.57. The SMILES string of the molecule is CC(C)N1CCCC(Cc2cn3c(=O)cccc3[nH]2)C1. The third-order valence-electron chi connectivity index (χ3n) is 4.35. The fourth-order valence-corrected chi connectivity index (χ4v) is 3.24. The summed E-state index contributed by atoms with van der Waals surface area (Å²) in [6.45, 7) is 6.93. The lowest BCUT2D eigenvalue weighted by Crippen LogP contribution is -2.40. The van der Waals surface area contributed by atoms with E-state index in [4.69, 9.17) is 0 Å². The van der Waals surface area contributed by atoms with Crippen LogP contribution in [0.5, 0.6) is 0 Å². The van der Waals surface area contributed by atoms with Crippen LogP contribution in [0.4, 0.5) is 0 Å². The molecule has 1 unspecified atom stereocenters. The van der Waals surface area contributed by atoms with Crippen LogP contribution in [0, 0.1) is 5.92 Å². The second-order valence-corrected chi connectivity index (χ2v) is 6.20. The number of hydrogen-bond donors (Lipinski definition) is 1. The number of rotatable bonds is 3. The number of aromatic nitrogens is 2. The van der Waals surface area contributed by atoms with Crippen molar-refractivity contribution in [3.05, 3.63) is 40.4 Å². The van der Waals surface area contributed by atoms with Gasteiger partial charge in [-0.1, -0.05) is 6.07 Å². The van der Waals surface area contributed by atoms with Crippen molar-refractivity contribution >= 4 is 5.65 Å². The lowest BCUT2D eigenvalue weighted by atomic mass is 9.93. The molecule has 0 saturated carbocycles. The lowest BCUT2D eigenvalue weighted by molar-refractivity contribution is 0.139. The van der Waals surface area contributed by atoms with E-state index in [-0.39, 0.29) is 5.56 Å². The smallest absolute Gasteiger partial charge is 0.256 e. The van der Waals surface area contributed by atoms with Crippen LogP contribution in [0.3, 0.4) is 0 Å². The van der Waals surface area contributed by atoms with Gasteiger partial charge in [0.15, 0.2) is 0 Å². The van der Waals surface area contributed by atoms with Gasteiger partial charge >= 0.3 is 0 Å². The van der Waals surface area contributed by atoms with E-state index in [1.165, 1.54) is 31.6 Å². The molecule has 3 heterocycles. The third kappa shape index (κ3) is 2.66. The Morgan fingerprint density at radius 1 is 1.40 bits per heavy atom. The highest BCUT2D eigenvalue weighted by Gasteiger charge is 2.22. The molecule has 0 amide bonds. The van der Waals surface area contributed by atoms with Gasteiger partial charge in [0.2, 0.25) is 0 Å². The number of fused-ring (bicyclic) bond motifs is 1. The van der Waals surface area contributed by atoms with E-state index in [0.717, 1.165) is 12.1 Å². The molecule has 1 saturated heterocycles. The number of H-pyrrole nitrogens is 1. The maximum absolute atomic E-state index is 11.8. The molecule has 0 bridgehead atoms. The molecule has 20 heavy (non-hydrogen) atoms. The van der Waals surface area contributed by atoms with Crippen molar-refractivity contribution in [2.24, 2.45) is 5.92 Å². The standard InChI is InChI=1S/C16H23N3O/c1-12(2)18-8-4-5-13(10-18)9-14-11-19-15(17-14)6-3-7-16(19)20/h3,6-7,11-13,17H,4-5,8-10H2,1-2H3. The predicted molar refractivity (Wildman–Crippen MR) is 81.2 cm³/mol. The highest BCUT2D eigenvalue weighted by Crippen LogP contribution is 2.21. The van der Waals surface area contributed by atoms with Crippen molar-refractivity contribution in [1.82, 2.24) is 14.3 Å². The minimum absolute atomic E-state index is 0.0393. The monoisotopic (exact) mass is 273 g/mol. The van der Waals surface area contributed by atoms with Crippen LogP contribution in [0.1, 0.15) is 32.4 Å². The van der Waals surface area contributed by atoms with Crippen LogP contribution in [0.15, 0.2) is 29.2 Å². The van der Waals surface area contributed by atoms with Crippen molar-refractivity contribution in [1.29, 1.82) is 0 Å². The molecule has 108 valence electrons. The predicted octanol–water partition coefficient (Wildman–Crippen LogP) is 2.29. The van der Waals surface area contributed by atoms with Crippen molar-refractivity contribution in [3.63, 3.8) is 0 Å². The number of imidazole rings is 1. The fourth-order valence-electron chi connectivity index (χ4n) is 3.24. The summed E-state index contributed by atoms with van der Waals surface area (Å²) in [5.74, 6) is 0.690. The van der Waals surface area contributed by atoms with Crippen LogP contribution in [0.2, 0.25) is 0 Å². The zero-order valence-corrected chi connectivity index (χ0v) is 12.3. The molecule has 2 aromatic heterocycles. The van der Waals surface area contributed by atoms with E-state index < -0.39 is 0 Å². The van der Waals surface area contributed by atoms with Crippen molar-refractivity contribution < 1.29 is 0 Å². The van der Waals surface area contributed by atoms with Crippen LogP contribution >= 0.6 is 0 Å². The van der Waals surface area contributed by atoms with Crippen LogP contribution < -0.4 is 5.56 Å². The minimum atomic E-state index is 0.0393. The summed E-state index contributed by atoms with van der Waals surface area (Å²) in [4.78, 5) is 17.7. The van der Waals surface area contributed by atoms with Gasteiger partial charge in [-0.25, -0.2) is 0 Å². The van der Waals surface area contributed by atoms with Gasteiger partial charge in [-0.2, -0.15) is 0 Å². The molecule has 4 heteroatoms. The van der Waals surface area contributed by atoms with Gasteiger partial charge < -0.3 is 9.88 Å². The Balaban J connectivity index is 1.76. The maximum atomic E-state index is 11.8. The summed E-state index contributed by atoms with van der Waals surface area (Å²) in [5, 5.41) is 0. The molecule has 1 aliphatic rings. The molecule has 2 aromatic rings. The molecule has 0 aromatic carbocycles. The molecule has 0 aliphatic carbocycles. The Morgan fingerprint density at radius 2 is 2.25 bits per heavy atom. The van der Waals surface area contributed by atoms with Crippen LogP contribution in [0.25, 0.3) is 5.65 Å². The summed E-state index contributed by atoms with van der Waals surface area (Å²) in [6.07, 6.45) is 5.56. The molecule has 3 rings (SSSR count). The van der Waals surface area contributed by atoms with Gasteiger partial charge in [-0.15, -0.1) is 0 Å². The van der Waals surface area contributed by atoms with Gasteiger partial charge in [0.1, 0.15) is 5.65 Å². The molecular formula is C16H23N3O. The van der Waals surface area contributed by atoms with Crippen LogP contribution in [-0.2, 0) is 6.42 Å². The van der Waals surface area contributed by atoms with E-state index in [1.807, 2.05) is 12.3 Å². The summed E-state index contributed by atoms with van der Waals surface area (Å²) in [5.41, 5.74) is 2.10. The zero-order valence-electron chi connectivity index (χ0n) is 12.3. The van der Waals surface area contributed by atoms with E-state index in [9.17, 15) is 4.79 Å². The first-order valence-corrected chi connectivity index (χ1v) is 7.57. The van der Waals surface area contributed by atoms with Crippen LogP contribution in [-0.4, -0.2) is 33.4 Å². The normalized spacial score (nSPS) is 20.9. The number of likely N-dealkylation sites (tertiary alicyclic amines) is 1. The average Bonchev–Trinajstić information content (AvgIpc) is 2.83. The van der Waals surface area contributed by atoms with Gasteiger partial charge in [-0.3, -0.25) is 9.20 Å². The van der Waals surface area contributed by atoms with Crippen molar-refractivity contribution in [3.8, 4) is 0 Å². The number of pyridine rings is 1. The Bertz CT molecular complexity index is 640. The first-order chi connectivity index (χ1) is 9.63. The van der Waals surface area contributed by atoms with E-state index in [2.05, 4.69) is 23.7 Å². The quantitative estimate of drug-likeness (QED) is 0.932. The van der Waals surface area contributed by atoms with E-state index in [1.54, 1.807) is 16.5 Å². The minimum Gasteiger partial charge on any atom is -0.343 e. The topological polar surface area (TPSA) is 40.5 Å². The Kier molecular flexibility index (Phi) is 3.66. The highest BCUT2D eigenvalue weighted by atomic mass is 16.1. The summed E-state index contributed by atoms with van der Waals surface area (Å²) in [6, 6.07) is 5.99. The largest absolute Gasteiger partial charge is 0.343 e. The molecule has 0 radical (unpaired) electrons. The summed E-state index contributed by atoms with van der Waals surface area (Å²) in [7, 11) is 0. The number of nitrogens with one attached hydrogen (secondary N) is 1. The number of nitrogens with zero attached hydrogens (tertiary/aromatic N) is 2. The molecule has 1 fully saturated rings. The Labute approximate surface area is 119 Å². The molecule has 4 nitrogen and oxygen atoms in total. The molecule has 1 aliphatic heterocycles. The second-order valence-electron chi connectivity index (χ2n) is 6.20. The summed E-state index contributed by atoms with van der Waals surface area (Å²) < 4.78 is 1.71. The maximum Gasteiger partial charge on any atom is 0.256 e. The van der Waals surface area contributed by atoms with Gasteiger partial charge in [-0.05, 0) is 51.6 Å². The third-order valence-corrected chi connectivity index (χ3v) is 4.35. The molecular weight excluding hydrogens is 250 g/mol. The van der Waals surface area contributed by atoms with Crippen molar-refractivity contribution in [2.45, 2.75) is 39.2 Å². The van der Waals surface area contributed by atoms with E-state index in [0.29, 0.717) is 12.0 Å². The molecule has 1 atom stereocenters. The number of hydrogen-bond acceptors (Lipinski definition) is 2. The van der Waals surface area contributed by atoms with E-state index >= 15 is 0 Å². The van der Waals surface area contributed by atoms with Gasteiger partial charge in [0, 0.05) is 30.5 Å². The second kappa shape index (κ2) is 5.44. The first kappa shape index (κ1) is 13.4. The Hall–Kier alpha value is -1.55. The molecule has 1 N–H and O–H groups in total.